The summed E-state index contributed by atoms with van der Waals surface area (Å²) in [4.78, 5) is 12.3. The summed E-state index contributed by atoms with van der Waals surface area (Å²) in [6, 6.07) is 9.78. The summed E-state index contributed by atoms with van der Waals surface area (Å²) >= 11 is 0. The molecule has 1 aromatic heterocycles. The van der Waals surface area contributed by atoms with Crippen LogP contribution in [0, 0.1) is 11.6 Å². The van der Waals surface area contributed by atoms with Gasteiger partial charge in [0.25, 0.3) is 5.91 Å². The van der Waals surface area contributed by atoms with Crippen LogP contribution in [0.3, 0.4) is 0 Å². The van der Waals surface area contributed by atoms with Crippen LogP contribution in [0.5, 0.6) is 11.5 Å². The highest BCUT2D eigenvalue weighted by atomic mass is 19.2. The van der Waals surface area contributed by atoms with Crippen LogP contribution in [0.2, 0.25) is 0 Å². The van der Waals surface area contributed by atoms with Gasteiger partial charge in [-0.15, -0.1) is 0 Å². The zero-order valence-corrected chi connectivity index (χ0v) is 14.0. The molecule has 8 heteroatoms. The van der Waals surface area contributed by atoms with Gasteiger partial charge in [0.05, 0.1) is 19.9 Å². The van der Waals surface area contributed by atoms with Gasteiger partial charge in [-0.25, -0.2) is 8.78 Å². The van der Waals surface area contributed by atoms with E-state index in [1.54, 1.807) is 18.2 Å². The number of anilines is 1. The standard InChI is InChI=1S/C18H15F2N3O3/c1-25-16-6-4-11(8-17(16)26-2)21-18(24)15-9-14(22-23-15)10-3-5-12(19)13(20)7-10/h3-9H,1-2H3,(H,21,24)(H,22,23). The fraction of sp³-hybridized carbons (Fsp3) is 0.111. The summed E-state index contributed by atoms with van der Waals surface area (Å²) in [7, 11) is 3.01. The minimum absolute atomic E-state index is 0.166. The molecular formula is C18H15F2N3O3. The molecule has 0 aliphatic rings. The number of carbonyl (C=O) groups excluding carboxylic acids is 1. The first-order valence-corrected chi connectivity index (χ1v) is 7.56. The number of carbonyl (C=O) groups is 1. The lowest BCUT2D eigenvalue weighted by Gasteiger charge is -2.10. The van der Waals surface area contributed by atoms with E-state index in [0.717, 1.165) is 12.1 Å². The molecule has 1 heterocycles. The fourth-order valence-electron chi connectivity index (χ4n) is 2.35. The van der Waals surface area contributed by atoms with Crippen molar-refractivity contribution in [3.05, 3.63) is 59.8 Å². The van der Waals surface area contributed by atoms with E-state index in [2.05, 4.69) is 15.5 Å². The second-order valence-corrected chi connectivity index (χ2v) is 5.32. The molecule has 134 valence electrons. The van der Waals surface area contributed by atoms with Crippen molar-refractivity contribution in [2.24, 2.45) is 0 Å². The van der Waals surface area contributed by atoms with Crippen LogP contribution in [0.25, 0.3) is 11.3 Å². The lowest BCUT2D eigenvalue weighted by atomic mass is 10.1. The Morgan fingerprint density at radius 2 is 1.77 bits per heavy atom. The minimum Gasteiger partial charge on any atom is -0.493 e. The monoisotopic (exact) mass is 359 g/mol. The third-order valence-corrected chi connectivity index (χ3v) is 3.68. The molecule has 3 aromatic rings. The number of H-pyrrole nitrogens is 1. The Bertz CT molecular complexity index is 957. The van der Waals surface area contributed by atoms with Crippen LogP contribution in [-0.2, 0) is 0 Å². The molecule has 0 aliphatic carbocycles. The van der Waals surface area contributed by atoms with Crippen LogP contribution < -0.4 is 14.8 Å². The van der Waals surface area contributed by atoms with Crippen molar-refractivity contribution in [1.82, 2.24) is 10.2 Å². The Morgan fingerprint density at radius 3 is 2.46 bits per heavy atom. The number of benzene rings is 2. The largest absolute Gasteiger partial charge is 0.493 e. The predicted molar refractivity (Wildman–Crippen MR) is 91.4 cm³/mol. The van der Waals surface area contributed by atoms with Crippen molar-refractivity contribution >= 4 is 11.6 Å². The van der Waals surface area contributed by atoms with E-state index < -0.39 is 17.5 Å². The molecule has 3 rings (SSSR count). The van der Waals surface area contributed by atoms with Crippen molar-refractivity contribution in [3.63, 3.8) is 0 Å². The molecule has 1 amide bonds. The van der Waals surface area contributed by atoms with Crippen molar-refractivity contribution < 1.29 is 23.0 Å². The fourth-order valence-corrected chi connectivity index (χ4v) is 2.35. The van der Waals surface area contributed by atoms with Crippen molar-refractivity contribution in [2.45, 2.75) is 0 Å². The smallest absolute Gasteiger partial charge is 0.273 e. The maximum atomic E-state index is 13.3. The van der Waals surface area contributed by atoms with Gasteiger partial charge in [0, 0.05) is 17.3 Å². The first-order valence-electron chi connectivity index (χ1n) is 7.56. The molecule has 0 spiro atoms. The predicted octanol–water partition coefficient (Wildman–Crippen LogP) is 3.62. The molecule has 0 radical (unpaired) electrons. The zero-order chi connectivity index (χ0) is 18.7. The van der Waals surface area contributed by atoms with E-state index in [-0.39, 0.29) is 5.69 Å². The van der Waals surface area contributed by atoms with E-state index in [0.29, 0.717) is 28.4 Å². The number of amides is 1. The molecule has 0 unspecified atom stereocenters. The first kappa shape index (κ1) is 17.4. The number of ether oxygens (including phenoxy) is 2. The highest BCUT2D eigenvalue weighted by molar-refractivity contribution is 6.03. The van der Waals surface area contributed by atoms with Gasteiger partial charge in [-0.3, -0.25) is 9.89 Å². The molecule has 0 saturated heterocycles. The SMILES string of the molecule is COc1ccc(NC(=O)c2cc(-c3ccc(F)c(F)c3)n[nH]2)cc1OC. The molecule has 0 atom stereocenters. The van der Waals surface area contributed by atoms with Crippen LogP contribution in [-0.4, -0.2) is 30.3 Å². The van der Waals surface area contributed by atoms with Gasteiger partial charge in [0.15, 0.2) is 23.1 Å². The summed E-state index contributed by atoms with van der Waals surface area (Å²) in [6.45, 7) is 0. The van der Waals surface area contributed by atoms with Crippen LogP contribution in [0.4, 0.5) is 14.5 Å². The van der Waals surface area contributed by atoms with Gasteiger partial charge >= 0.3 is 0 Å². The number of nitrogens with one attached hydrogen (secondary N) is 2. The highest BCUT2D eigenvalue weighted by Crippen LogP contribution is 2.30. The third-order valence-electron chi connectivity index (χ3n) is 3.68. The molecule has 0 aliphatic heterocycles. The molecule has 2 aromatic carbocycles. The number of rotatable bonds is 5. The van der Waals surface area contributed by atoms with Crippen molar-refractivity contribution in [3.8, 4) is 22.8 Å². The number of hydrogen-bond donors (Lipinski definition) is 2. The number of halogens is 2. The molecule has 26 heavy (non-hydrogen) atoms. The average molecular weight is 359 g/mol. The number of nitrogens with zero attached hydrogens (tertiary/aromatic N) is 1. The Hall–Kier alpha value is -3.42. The van der Waals surface area contributed by atoms with Gasteiger partial charge in [0.1, 0.15) is 5.69 Å². The minimum atomic E-state index is -0.984. The number of aromatic nitrogens is 2. The molecular weight excluding hydrogens is 344 g/mol. The summed E-state index contributed by atoms with van der Waals surface area (Å²) in [5.41, 5.74) is 1.34. The van der Waals surface area contributed by atoms with Crippen LogP contribution in [0.15, 0.2) is 42.5 Å². The zero-order valence-electron chi connectivity index (χ0n) is 14.0. The highest BCUT2D eigenvalue weighted by Gasteiger charge is 2.14. The second kappa shape index (κ2) is 7.22. The lowest BCUT2D eigenvalue weighted by Crippen LogP contribution is -2.12. The van der Waals surface area contributed by atoms with E-state index in [9.17, 15) is 13.6 Å². The normalized spacial score (nSPS) is 10.5. The van der Waals surface area contributed by atoms with Gasteiger partial charge in [-0.1, -0.05) is 0 Å². The van der Waals surface area contributed by atoms with Gasteiger partial charge < -0.3 is 14.8 Å². The van der Waals surface area contributed by atoms with E-state index in [1.807, 2.05) is 0 Å². The van der Waals surface area contributed by atoms with Gasteiger partial charge in [-0.2, -0.15) is 5.10 Å². The van der Waals surface area contributed by atoms with Crippen LogP contribution >= 0.6 is 0 Å². The van der Waals surface area contributed by atoms with Crippen LogP contribution in [0.1, 0.15) is 10.5 Å². The summed E-state index contributed by atoms with van der Waals surface area (Å²) in [5, 5.41) is 9.23. The lowest BCUT2D eigenvalue weighted by molar-refractivity contribution is 0.102. The topological polar surface area (TPSA) is 76.2 Å². The Balaban J connectivity index is 1.79. The summed E-state index contributed by atoms with van der Waals surface area (Å²) in [6.07, 6.45) is 0. The summed E-state index contributed by atoms with van der Waals surface area (Å²) in [5.74, 6) is -1.37. The molecule has 0 saturated carbocycles. The average Bonchev–Trinajstić information content (AvgIpc) is 3.14. The van der Waals surface area contributed by atoms with E-state index >= 15 is 0 Å². The Labute approximate surface area is 147 Å². The molecule has 6 nitrogen and oxygen atoms in total. The number of aromatic amines is 1. The third kappa shape index (κ3) is 3.49. The Kier molecular flexibility index (Phi) is 4.83. The van der Waals surface area contributed by atoms with Gasteiger partial charge in [0.2, 0.25) is 0 Å². The number of methoxy groups -OCH3 is 2. The molecule has 2 N–H and O–H groups in total. The molecule has 0 fully saturated rings. The first-order chi connectivity index (χ1) is 12.5. The van der Waals surface area contributed by atoms with Crippen molar-refractivity contribution in [1.29, 1.82) is 0 Å². The maximum Gasteiger partial charge on any atom is 0.273 e. The Morgan fingerprint density at radius 1 is 1.00 bits per heavy atom. The maximum absolute atomic E-state index is 13.3. The number of hydrogen-bond acceptors (Lipinski definition) is 4. The van der Waals surface area contributed by atoms with Gasteiger partial charge in [-0.05, 0) is 36.4 Å². The van der Waals surface area contributed by atoms with E-state index in [1.165, 1.54) is 26.4 Å². The van der Waals surface area contributed by atoms with E-state index in [4.69, 9.17) is 9.47 Å². The van der Waals surface area contributed by atoms with Crippen molar-refractivity contribution in [2.75, 3.05) is 19.5 Å². The summed E-state index contributed by atoms with van der Waals surface area (Å²) < 4.78 is 36.7. The molecule has 0 bridgehead atoms. The second-order valence-electron chi connectivity index (χ2n) is 5.32. The quantitative estimate of drug-likeness (QED) is 0.729.